The molecule has 0 aromatic heterocycles. The molecular formula is C17H16Cl3N3O3S. The Morgan fingerprint density at radius 3 is 2.37 bits per heavy atom. The van der Waals surface area contributed by atoms with E-state index in [1.165, 1.54) is 19.2 Å². The third-order valence-electron chi connectivity index (χ3n) is 3.33. The Kier molecular flexibility index (Phi) is 7.38. The minimum Gasteiger partial charge on any atom is -0.508 e. The molecule has 0 spiro atoms. The lowest BCUT2D eigenvalue weighted by atomic mass is 10.2. The lowest BCUT2D eigenvalue weighted by Crippen LogP contribution is -2.56. The number of carbonyl (C=O) groups is 1. The minimum atomic E-state index is -1.88. The average molecular weight is 449 g/mol. The number of ether oxygens (including phenoxy) is 1. The fourth-order valence-electron chi connectivity index (χ4n) is 2.04. The topological polar surface area (TPSA) is 82.6 Å². The second-order valence-electron chi connectivity index (χ2n) is 5.33. The first-order valence-corrected chi connectivity index (χ1v) is 9.11. The fraction of sp³-hybridized carbons (Fsp3) is 0.176. The number of anilines is 1. The van der Waals surface area contributed by atoms with E-state index in [1.54, 1.807) is 36.4 Å². The van der Waals surface area contributed by atoms with Gasteiger partial charge in [0.2, 0.25) is 3.79 Å². The van der Waals surface area contributed by atoms with E-state index in [0.29, 0.717) is 17.0 Å². The molecule has 0 aliphatic carbocycles. The largest absolute Gasteiger partial charge is 0.508 e. The molecular weight excluding hydrogens is 433 g/mol. The predicted molar refractivity (Wildman–Crippen MR) is 112 cm³/mol. The Morgan fingerprint density at radius 2 is 1.81 bits per heavy atom. The summed E-state index contributed by atoms with van der Waals surface area (Å²) in [6, 6.07) is 12.7. The summed E-state index contributed by atoms with van der Waals surface area (Å²) in [5, 5.41) is 17.7. The number of alkyl halides is 3. The van der Waals surface area contributed by atoms with Gasteiger partial charge in [0, 0.05) is 17.3 Å². The number of phenolic OH excluding ortho intramolecular Hbond substituents is 1. The molecule has 2 aromatic rings. The van der Waals surface area contributed by atoms with Crippen LogP contribution in [0.15, 0.2) is 48.5 Å². The summed E-state index contributed by atoms with van der Waals surface area (Å²) in [6.45, 7) is 0. The van der Waals surface area contributed by atoms with Crippen LogP contribution in [0.2, 0.25) is 0 Å². The van der Waals surface area contributed by atoms with Crippen molar-refractivity contribution in [3.63, 3.8) is 0 Å². The van der Waals surface area contributed by atoms with Crippen LogP contribution in [0, 0.1) is 0 Å². The molecule has 1 unspecified atom stereocenters. The van der Waals surface area contributed by atoms with Gasteiger partial charge < -0.3 is 25.8 Å². The number of carbonyl (C=O) groups excluding carboxylic acids is 1. The van der Waals surface area contributed by atoms with Crippen LogP contribution in [0.4, 0.5) is 5.69 Å². The quantitative estimate of drug-likeness (QED) is 0.316. The van der Waals surface area contributed by atoms with Gasteiger partial charge in [0.25, 0.3) is 5.91 Å². The first-order chi connectivity index (χ1) is 12.7. The van der Waals surface area contributed by atoms with Crippen LogP contribution in [-0.2, 0) is 0 Å². The third kappa shape index (κ3) is 6.62. The lowest BCUT2D eigenvalue weighted by molar-refractivity contribution is 0.0934. The molecule has 0 fully saturated rings. The zero-order valence-corrected chi connectivity index (χ0v) is 17.1. The number of aromatic hydroxyl groups is 1. The highest BCUT2D eigenvalue weighted by molar-refractivity contribution is 7.80. The van der Waals surface area contributed by atoms with Gasteiger partial charge in [-0.05, 0) is 48.6 Å². The van der Waals surface area contributed by atoms with Gasteiger partial charge >= 0.3 is 0 Å². The van der Waals surface area contributed by atoms with E-state index in [9.17, 15) is 9.90 Å². The second kappa shape index (κ2) is 9.32. The maximum Gasteiger partial charge on any atom is 0.252 e. The van der Waals surface area contributed by atoms with Crippen LogP contribution in [0.1, 0.15) is 10.4 Å². The molecule has 4 N–H and O–H groups in total. The maximum atomic E-state index is 12.4. The van der Waals surface area contributed by atoms with Crippen molar-refractivity contribution < 1.29 is 14.6 Å². The van der Waals surface area contributed by atoms with Gasteiger partial charge in [-0.25, -0.2) is 0 Å². The Morgan fingerprint density at radius 1 is 1.15 bits per heavy atom. The molecule has 0 heterocycles. The number of rotatable bonds is 5. The van der Waals surface area contributed by atoms with Crippen molar-refractivity contribution in [3.05, 3.63) is 54.1 Å². The molecule has 6 nitrogen and oxygen atoms in total. The zero-order valence-electron chi connectivity index (χ0n) is 14.0. The summed E-state index contributed by atoms with van der Waals surface area (Å²) < 4.78 is 3.17. The normalized spacial score (nSPS) is 12.0. The lowest BCUT2D eigenvalue weighted by Gasteiger charge is -2.27. The predicted octanol–water partition coefficient (Wildman–Crippen LogP) is 3.81. The molecule has 144 valence electrons. The smallest absolute Gasteiger partial charge is 0.252 e. The monoisotopic (exact) mass is 447 g/mol. The highest BCUT2D eigenvalue weighted by Crippen LogP contribution is 2.29. The third-order valence-corrected chi connectivity index (χ3v) is 4.21. The number of phenols is 1. The molecule has 0 aliphatic heterocycles. The van der Waals surface area contributed by atoms with E-state index in [1.807, 2.05) is 0 Å². The van der Waals surface area contributed by atoms with Crippen LogP contribution in [0.25, 0.3) is 0 Å². The molecule has 0 saturated carbocycles. The number of methoxy groups -OCH3 is 1. The Labute approximate surface area is 176 Å². The number of halogens is 3. The SMILES string of the molecule is COc1ccc(C(=O)NC(NC(=S)Nc2cccc(O)c2)C(Cl)(Cl)Cl)cc1. The first kappa shape index (κ1) is 21.4. The number of hydrogen-bond acceptors (Lipinski definition) is 4. The Bertz CT molecular complexity index is 813. The standard InChI is InChI=1S/C17H16Cl3N3O3S/c1-26-13-7-5-10(6-8-13)14(25)22-15(17(18,19)20)23-16(27)21-11-3-2-4-12(24)9-11/h2-9,15,24H,1H3,(H,22,25)(H2,21,23,27). The maximum absolute atomic E-state index is 12.4. The van der Waals surface area contributed by atoms with Crippen molar-refractivity contribution in [3.8, 4) is 11.5 Å². The molecule has 1 atom stereocenters. The van der Waals surface area contributed by atoms with E-state index in [0.717, 1.165) is 0 Å². The average Bonchev–Trinajstić information content (AvgIpc) is 2.60. The molecule has 27 heavy (non-hydrogen) atoms. The van der Waals surface area contributed by atoms with Crippen molar-refractivity contribution in [1.29, 1.82) is 0 Å². The van der Waals surface area contributed by atoms with Gasteiger partial charge in [0.15, 0.2) is 5.11 Å². The van der Waals surface area contributed by atoms with Crippen molar-refractivity contribution in [2.24, 2.45) is 0 Å². The summed E-state index contributed by atoms with van der Waals surface area (Å²) in [5.41, 5.74) is 0.876. The van der Waals surface area contributed by atoms with Crippen LogP contribution in [0.5, 0.6) is 11.5 Å². The number of nitrogens with one attached hydrogen (secondary N) is 3. The van der Waals surface area contributed by atoms with E-state index in [2.05, 4.69) is 16.0 Å². The summed E-state index contributed by atoms with van der Waals surface area (Å²) in [5.74, 6) is 0.203. The Balaban J connectivity index is 2.06. The molecule has 2 rings (SSSR count). The van der Waals surface area contributed by atoms with Gasteiger partial charge in [-0.15, -0.1) is 0 Å². The van der Waals surface area contributed by atoms with Crippen LogP contribution in [0.3, 0.4) is 0 Å². The first-order valence-electron chi connectivity index (χ1n) is 7.57. The van der Waals surface area contributed by atoms with E-state index in [-0.39, 0.29) is 10.9 Å². The van der Waals surface area contributed by atoms with E-state index >= 15 is 0 Å². The van der Waals surface area contributed by atoms with E-state index < -0.39 is 15.9 Å². The summed E-state index contributed by atoms with van der Waals surface area (Å²) in [4.78, 5) is 12.4. The highest BCUT2D eigenvalue weighted by atomic mass is 35.6. The second-order valence-corrected chi connectivity index (χ2v) is 8.10. The van der Waals surface area contributed by atoms with Crippen LogP contribution < -0.4 is 20.7 Å². The molecule has 0 radical (unpaired) electrons. The molecule has 10 heteroatoms. The summed E-state index contributed by atoms with van der Waals surface area (Å²) in [7, 11) is 1.53. The van der Waals surface area contributed by atoms with Gasteiger partial charge in [0.1, 0.15) is 17.7 Å². The zero-order chi connectivity index (χ0) is 20.0. The van der Waals surface area contributed by atoms with Crippen molar-refractivity contribution >= 4 is 63.7 Å². The van der Waals surface area contributed by atoms with E-state index in [4.69, 9.17) is 51.8 Å². The van der Waals surface area contributed by atoms with Gasteiger partial charge in [0.05, 0.1) is 7.11 Å². The number of thiocarbonyl (C=S) groups is 1. The van der Waals surface area contributed by atoms with Crippen LogP contribution in [-0.4, -0.2) is 33.2 Å². The van der Waals surface area contributed by atoms with Crippen molar-refractivity contribution in [2.75, 3.05) is 12.4 Å². The van der Waals surface area contributed by atoms with Crippen molar-refractivity contribution in [1.82, 2.24) is 10.6 Å². The highest BCUT2D eigenvalue weighted by Gasteiger charge is 2.34. The molecule has 2 aromatic carbocycles. The number of hydrogen-bond donors (Lipinski definition) is 4. The fourth-order valence-corrected chi connectivity index (χ4v) is 2.60. The van der Waals surface area contributed by atoms with Gasteiger partial charge in [-0.3, -0.25) is 4.79 Å². The van der Waals surface area contributed by atoms with Gasteiger partial charge in [-0.1, -0.05) is 40.9 Å². The number of benzene rings is 2. The number of amides is 1. The minimum absolute atomic E-state index is 0.0635. The molecule has 0 aliphatic rings. The summed E-state index contributed by atoms with van der Waals surface area (Å²) in [6.07, 6.45) is -1.12. The molecule has 0 bridgehead atoms. The Hall–Kier alpha value is -1.93. The summed E-state index contributed by atoms with van der Waals surface area (Å²) >= 11 is 23.0. The van der Waals surface area contributed by atoms with Gasteiger partial charge in [-0.2, -0.15) is 0 Å². The molecule has 0 saturated heterocycles. The molecule has 1 amide bonds. The van der Waals surface area contributed by atoms with Crippen LogP contribution >= 0.6 is 47.0 Å². The van der Waals surface area contributed by atoms with Crippen molar-refractivity contribution in [2.45, 2.75) is 9.96 Å².